The second kappa shape index (κ2) is 10.4. The maximum absolute atomic E-state index is 13.3. The first kappa shape index (κ1) is 26.7. The van der Waals surface area contributed by atoms with E-state index in [4.69, 9.17) is 25.8 Å². The number of benzene rings is 1. The first-order chi connectivity index (χ1) is 18.5. The Labute approximate surface area is 224 Å². The van der Waals surface area contributed by atoms with Crippen LogP contribution in [-0.2, 0) is 31.1 Å². The molecule has 208 valence electrons. The molecule has 2 aliphatic rings. The Morgan fingerprint density at radius 3 is 2.79 bits per heavy atom. The van der Waals surface area contributed by atoms with Gasteiger partial charge in [-0.1, -0.05) is 16.8 Å². The van der Waals surface area contributed by atoms with E-state index in [0.717, 1.165) is 4.68 Å². The molecule has 1 saturated heterocycles. The molecule has 0 unspecified atom stereocenters. The lowest BCUT2D eigenvalue weighted by atomic mass is 10.1. The first-order valence-electron chi connectivity index (χ1n) is 11.8. The minimum atomic E-state index is -4.83. The number of carbonyl (C=O) groups excluding carboxylic acids is 2. The van der Waals surface area contributed by atoms with Crippen molar-refractivity contribution in [2.24, 2.45) is 7.05 Å². The van der Waals surface area contributed by atoms with Gasteiger partial charge in [-0.05, 0) is 18.2 Å². The summed E-state index contributed by atoms with van der Waals surface area (Å²) < 4.78 is 59.4. The minimum Gasteiger partial charge on any atom is -0.493 e. The number of methoxy groups -OCH3 is 1. The third kappa shape index (κ3) is 5.36. The molecule has 0 spiro atoms. The predicted molar refractivity (Wildman–Crippen MR) is 127 cm³/mol. The molecule has 2 atom stereocenters. The fraction of sp³-hybridized carbons (Fsp3) is 0.435. The van der Waals surface area contributed by atoms with E-state index < -0.39 is 46.5 Å². The molecule has 1 aromatic carbocycles. The van der Waals surface area contributed by atoms with Crippen LogP contribution in [0.3, 0.4) is 0 Å². The van der Waals surface area contributed by atoms with Crippen molar-refractivity contribution in [3.8, 4) is 11.5 Å². The number of rotatable bonds is 2. The smallest absolute Gasteiger partial charge is 0.436 e. The maximum Gasteiger partial charge on any atom is 0.436 e. The van der Waals surface area contributed by atoms with Gasteiger partial charge >= 0.3 is 6.18 Å². The Morgan fingerprint density at radius 2 is 2.08 bits per heavy atom. The van der Waals surface area contributed by atoms with E-state index in [-0.39, 0.29) is 31.9 Å². The van der Waals surface area contributed by atoms with Gasteiger partial charge in [0.25, 0.3) is 11.8 Å². The molecule has 0 saturated carbocycles. The van der Waals surface area contributed by atoms with E-state index in [1.54, 1.807) is 23.0 Å². The first-order valence-corrected chi connectivity index (χ1v) is 12.1. The summed E-state index contributed by atoms with van der Waals surface area (Å²) in [4.78, 5) is 27.7. The molecule has 2 aromatic heterocycles. The third-order valence-corrected chi connectivity index (χ3v) is 6.72. The molecule has 2 amide bonds. The van der Waals surface area contributed by atoms with E-state index in [1.807, 2.05) is 0 Å². The summed E-state index contributed by atoms with van der Waals surface area (Å²) in [5.41, 5.74) is -0.996. The zero-order valence-electron chi connectivity index (χ0n) is 20.7. The molecule has 12 nitrogen and oxygen atoms in total. The van der Waals surface area contributed by atoms with E-state index in [2.05, 4.69) is 20.7 Å². The van der Waals surface area contributed by atoms with Crippen LogP contribution >= 0.6 is 11.6 Å². The molecule has 4 heterocycles. The van der Waals surface area contributed by atoms with Crippen molar-refractivity contribution in [2.45, 2.75) is 31.5 Å². The molecule has 39 heavy (non-hydrogen) atoms. The number of nitrogens with one attached hydrogen (secondary N) is 1. The summed E-state index contributed by atoms with van der Waals surface area (Å²) in [6.07, 6.45) is -3.87. The van der Waals surface area contributed by atoms with Gasteiger partial charge in [-0.3, -0.25) is 14.3 Å². The average Bonchev–Trinajstić information content (AvgIpc) is 3.59. The van der Waals surface area contributed by atoms with Crippen LogP contribution in [-0.4, -0.2) is 80.4 Å². The van der Waals surface area contributed by atoms with E-state index in [0.29, 0.717) is 23.7 Å². The zero-order chi connectivity index (χ0) is 27.9. The highest BCUT2D eigenvalue weighted by molar-refractivity contribution is 6.34. The van der Waals surface area contributed by atoms with Crippen molar-refractivity contribution in [3.05, 3.63) is 52.1 Å². The van der Waals surface area contributed by atoms with Crippen LogP contribution in [0.5, 0.6) is 11.5 Å². The Morgan fingerprint density at radius 1 is 1.28 bits per heavy atom. The average molecular weight is 570 g/mol. The number of hydrogen-bond acceptors (Lipinski definition) is 8. The van der Waals surface area contributed by atoms with Crippen molar-refractivity contribution in [1.82, 2.24) is 35.0 Å². The summed E-state index contributed by atoms with van der Waals surface area (Å²) in [5, 5.41) is 13.6. The van der Waals surface area contributed by atoms with Crippen LogP contribution in [0.25, 0.3) is 0 Å². The second-order valence-corrected chi connectivity index (χ2v) is 9.34. The van der Waals surface area contributed by atoms with Crippen LogP contribution in [0.15, 0.2) is 24.4 Å². The molecule has 1 N–H and O–H groups in total. The van der Waals surface area contributed by atoms with Gasteiger partial charge in [0.05, 0.1) is 38.6 Å². The largest absolute Gasteiger partial charge is 0.493 e. The van der Waals surface area contributed by atoms with Gasteiger partial charge in [-0.2, -0.15) is 18.3 Å². The summed E-state index contributed by atoms with van der Waals surface area (Å²) in [5.74, 6) is -0.466. The molecular formula is C23H23ClF3N7O5. The molecule has 4 bridgehead atoms. The highest BCUT2D eigenvalue weighted by atomic mass is 35.5. The van der Waals surface area contributed by atoms with Gasteiger partial charge in [0.1, 0.15) is 23.0 Å². The number of alkyl halides is 3. The number of ether oxygens (including phenoxy) is 3. The summed E-state index contributed by atoms with van der Waals surface area (Å²) in [6.45, 7) is 0.542. The number of carbonyl (C=O) groups is 2. The van der Waals surface area contributed by atoms with Gasteiger partial charge in [0.15, 0.2) is 17.2 Å². The number of likely N-dealkylation sites (tertiary alicyclic amines) is 1. The molecular weight excluding hydrogens is 547 g/mol. The monoisotopic (exact) mass is 569 g/mol. The van der Waals surface area contributed by atoms with Crippen molar-refractivity contribution in [1.29, 1.82) is 0 Å². The normalized spacial score (nSPS) is 19.9. The highest BCUT2D eigenvalue weighted by Crippen LogP contribution is 2.36. The number of nitrogens with zero attached hydrogens (tertiary/aromatic N) is 6. The lowest BCUT2D eigenvalue weighted by Gasteiger charge is -2.20. The van der Waals surface area contributed by atoms with E-state index >= 15 is 0 Å². The number of fused-ring (bicyclic) bond motifs is 5. The zero-order valence-corrected chi connectivity index (χ0v) is 21.5. The standard InChI is InChI=1S/C23H23ClF3N7O5/c1-32-19(18(24)20(30-32)23(25,26)27)22(36)33-9-14-17(10-33)39-11-13-8-34(31-29-13)5-6-38-16-7-12(21(35)28-14)3-4-15(16)37-2/h3-4,7-8,14,17H,5-6,9-11H2,1-2H3,(H,28,35)/t14-,17-/m0/s1. The number of aryl methyl sites for hydroxylation is 1. The SMILES string of the molecule is COc1ccc2cc1OCCn1cc(nn1)CO[C@H]1CN(C(=O)c3c(Cl)c(C(F)(F)F)nn3C)C[C@@H]1NC2=O. The predicted octanol–water partition coefficient (Wildman–Crippen LogP) is 1.92. The van der Waals surface area contributed by atoms with Gasteiger partial charge in [0, 0.05) is 25.7 Å². The summed E-state index contributed by atoms with van der Waals surface area (Å²) in [7, 11) is 2.68. The number of halogens is 4. The van der Waals surface area contributed by atoms with Gasteiger partial charge in [-0.25, -0.2) is 4.68 Å². The van der Waals surface area contributed by atoms with Gasteiger partial charge < -0.3 is 24.4 Å². The molecule has 16 heteroatoms. The molecule has 3 aromatic rings. The second-order valence-electron chi connectivity index (χ2n) is 8.96. The molecule has 2 aliphatic heterocycles. The fourth-order valence-electron chi connectivity index (χ4n) is 4.45. The van der Waals surface area contributed by atoms with Gasteiger partial charge in [-0.15, -0.1) is 5.10 Å². The van der Waals surface area contributed by atoms with Crippen LogP contribution in [0.4, 0.5) is 13.2 Å². The Kier molecular flexibility index (Phi) is 7.11. The Bertz CT molecular complexity index is 1410. The highest BCUT2D eigenvalue weighted by Gasteiger charge is 2.43. The fourth-order valence-corrected chi connectivity index (χ4v) is 4.79. The number of amides is 2. The summed E-state index contributed by atoms with van der Waals surface area (Å²) >= 11 is 5.94. The lowest BCUT2D eigenvalue weighted by molar-refractivity contribution is -0.141. The maximum atomic E-state index is 13.3. The van der Waals surface area contributed by atoms with Gasteiger partial charge in [0.2, 0.25) is 0 Å². The van der Waals surface area contributed by atoms with Crippen molar-refractivity contribution in [2.75, 3.05) is 26.8 Å². The molecule has 0 radical (unpaired) electrons. The van der Waals surface area contributed by atoms with E-state index in [9.17, 15) is 22.8 Å². The van der Waals surface area contributed by atoms with Crippen LogP contribution < -0.4 is 14.8 Å². The molecule has 5 rings (SSSR count). The topological polar surface area (TPSA) is 126 Å². The van der Waals surface area contributed by atoms with E-state index in [1.165, 1.54) is 25.1 Å². The minimum absolute atomic E-state index is 0.0200. The van der Waals surface area contributed by atoms with Crippen LogP contribution in [0, 0.1) is 0 Å². The van der Waals surface area contributed by atoms with Crippen LogP contribution in [0.2, 0.25) is 5.02 Å². The van der Waals surface area contributed by atoms with Crippen molar-refractivity contribution < 1.29 is 37.0 Å². The Hall–Kier alpha value is -3.85. The van der Waals surface area contributed by atoms with Crippen molar-refractivity contribution >= 4 is 23.4 Å². The third-order valence-electron chi connectivity index (χ3n) is 6.37. The summed E-state index contributed by atoms with van der Waals surface area (Å²) in [6, 6.07) is 3.98. The Balaban J connectivity index is 1.44. The van der Waals surface area contributed by atoms with Crippen LogP contribution in [0.1, 0.15) is 32.2 Å². The lowest BCUT2D eigenvalue weighted by Crippen LogP contribution is -2.44. The number of hydrogen-bond donors (Lipinski definition) is 1. The molecule has 0 aliphatic carbocycles. The number of aromatic nitrogens is 5. The molecule has 1 fully saturated rings. The quantitative estimate of drug-likeness (QED) is 0.496. The van der Waals surface area contributed by atoms with Crippen molar-refractivity contribution in [3.63, 3.8) is 0 Å².